The lowest BCUT2D eigenvalue weighted by Crippen LogP contribution is -2.42. The Balaban J connectivity index is 2.37. The Morgan fingerprint density at radius 1 is 1.21 bits per heavy atom. The number of benzene rings is 1. The molecule has 0 saturated carbocycles. The van der Waals surface area contributed by atoms with E-state index in [1.165, 1.54) is 19.2 Å². The number of hydrogen-bond donors (Lipinski definition) is 3. The van der Waals surface area contributed by atoms with Gasteiger partial charge in [0.05, 0.1) is 5.39 Å². The first-order valence-corrected chi connectivity index (χ1v) is 7.02. The lowest BCUT2D eigenvalue weighted by Gasteiger charge is -2.14. The fraction of sp³-hybridized carbons (Fsp3) is 0.267. The van der Waals surface area contributed by atoms with Crippen molar-refractivity contribution in [3.63, 3.8) is 0 Å². The number of nitrogens with one attached hydrogen (secondary N) is 1. The molecule has 0 bridgehead atoms. The minimum Gasteiger partial charge on any atom is -0.481 e. The molecular formula is C15H15N3O6. The maximum Gasteiger partial charge on any atom is 0.326 e. The summed E-state index contributed by atoms with van der Waals surface area (Å²) in [5, 5.41) is 24.5. The number of carboxylic acids is 2. The summed E-state index contributed by atoms with van der Waals surface area (Å²) in [6.07, 6.45) is -0.668. The molecule has 2 aromatic rings. The van der Waals surface area contributed by atoms with Crippen molar-refractivity contribution in [2.24, 2.45) is 7.05 Å². The van der Waals surface area contributed by atoms with E-state index in [0.29, 0.717) is 5.39 Å². The molecule has 1 heterocycles. The summed E-state index contributed by atoms with van der Waals surface area (Å²) in [5.41, 5.74) is -0.489. The molecule has 1 atom stereocenters. The van der Waals surface area contributed by atoms with Crippen molar-refractivity contribution in [1.29, 1.82) is 0 Å². The van der Waals surface area contributed by atoms with Crippen LogP contribution in [0.5, 0.6) is 0 Å². The average Bonchev–Trinajstić information content (AvgIpc) is 2.54. The molecule has 0 aliphatic carbocycles. The number of carbonyl (C=O) groups excluding carboxylic acids is 1. The summed E-state index contributed by atoms with van der Waals surface area (Å²) in [7, 11) is 1.38. The van der Waals surface area contributed by atoms with Gasteiger partial charge in [-0.25, -0.2) is 9.48 Å². The third kappa shape index (κ3) is 3.57. The van der Waals surface area contributed by atoms with E-state index in [0.717, 1.165) is 4.68 Å². The monoisotopic (exact) mass is 333 g/mol. The second-order valence-electron chi connectivity index (χ2n) is 5.12. The molecule has 0 aliphatic heterocycles. The molecule has 9 nitrogen and oxygen atoms in total. The van der Waals surface area contributed by atoms with Gasteiger partial charge in [-0.15, -0.1) is 0 Å². The Bertz CT molecular complexity index is 873. The van der Waals surface area contributed by atoms with Crippen molar-refractivity contribution in [3.05, 3.63) is 40.3 Å². The normalized spacial score (nSPS) is 11.9. The number of aliphatic carboxylic acids is 2. The van der Waals surface area contributed by atoms with Crippen LogP contribution in [0.1, 0.15) is 23.3 Å². The Hall–Kier alpha value is -3.23. The molecule has 1 amide bonds. The van der Waals surface area contributed by atoms with E-state index >= 15 is 0 Å². The van der Waals surface area contributed by atoms with Gasteiger partial charge in [-0.05, 0) is 12.5 Å². The van der Waals surface area contributed by atoms with Crippen LogP contribution >= 0.6 is 0 Å². The van der Waals surface area contributed by atoms with Crippen LogP contribution in [-0.2, 0) is 16.6 Å². The predicted molar refractivity (Wildman–Crippen MR) is 82.7 cm³/mol. The molecule has 2 rings (SSSR count). The van der Waals surface area contributed by atoms with Gasteiger partial charge in [0.1, 0.15) is 6.04 Å². The van der Waals surface area contributed by atoms with E-state index in [1.54, 1.807) is 12.1 Å². The van der Waals surface area contributed by atoms with Crippen molar-refractivity contribution in [2.75, 3.05) is 0 Å². The molecule has 1 aromatic heterocycles. The molecule has 9 heteroatoms. The van der Waals surface area contributed by atoms with Gasteiger partial charge in [0, 0.05) is 18.9 Å². The van der Waals surface area contributed by atoms with E-state index in [9.17, 15) is 19.2 Å². The van der Waals surface area contributed by atoms with Crippen LogP contribution in [0.15, 0.2) is 29.1 Å². The smallest absolute Gasteiger partial charge is 0.326 e. The fourth-order valence-electron chi connectivity index (χ4n) is 2.22. The molecule has 0 spiro atoms. The van der Waals surface area contributed by atoms with Gasteiger partial charge in [-0.1, -0.05) is 18.2 Å². The number of fused-ring (bicyclic) bond motifs is 1. The summed E-state index contributed by atoms with van der Waals surface area (Å²) in [6, 6.07) is 4.96. The zero-order valence-corrected chi connectivity index (χ0v) is 12.7. The van der Waals surface area contributed by atoms with Crippen molar-refractivity contribution < 1.29 is 24.6 Å². The summed E-state index contributed by atoms with van der Waals surface area (Å²) in [4.78, 5) is 46.2. The van der Waals surface area contributed by atoms with Crippen molar-refractivity contribution in [3.8, 4) is 0 Å². The summed E-state index contributed by atoms with van der Waals surface area (Å²) >= 11 is 0. The highest BCUT2D eigenvalue weighted by Crippen LogP contribution is 2.13. The lowest BCUT2D eigenvalue weighted by atomic mass is 10.1. The molecular weight excluding hydrogens is 318 g/mol. The Morgan fingerprint density at radius 2 is 1.83 bits per heavy atom. The second kappa shape index (κ2) is 6.90. The maximum absolute atomic E-state index is 12.4. The van der Waals surface area contributed by atoms with Crippen LogP contribution in [0, 0.1) is 0 Å². The van der Waals surface area contributed by atoms with E-state index in [2.05, 4.69) is 10.4 Å². The van der Waals surface area contributed by atoms with Crippen molar-refractivity contribution in [2.45, 2.75) is 18.9 Å². The first kappa shape index (κ1) is 17.1. The summed E-state index contributed by atoms with van der Waals surface area (Å²) < 4.78 is 0.990. The minimum atomic E-state index is -1.37. The van der Waals surface area contributed by atoms with Gasteiger partial charge in [0.25, 0.3) is 11.5 Å². The molecule has 0 fully saturated rings. The van der Waals surface area contributed by atoms with Gasteiger partial charge in [-0.3, -0.25) is 14.4 Å². The molecule has 1 aromatic carbocycles. The third-order valence-electron chi connectivity index (χ3n) is 3.42. The number of carbonyl (C=O) groups is 3. The van der Waals surface area contributed by atoms with E-state index in [1.807, 2.05) is 0 Å². The number of aromatic nitrogens is 2. The third-order valence-corrected chi connectivity index (χ3v) is 3.42. The fourth-order valence-corrected chi connectivity index (χ4v) is 2.22. The van der Waals surface area contributed by atoms with Crippen LogP contribution in [0.2, 0.25) is 0 Å². The number of rotatable bonds is 6. The van der Waals surface area contributed by atoms with Crippen LogP contribution in [0.25, 0.3) is 10.8 Å². The molecule has 24 heavy (non-hydrogen) atoms. The first-order chi connectivity index (χ1) is 11.3. The highest BCUT2D eigenvalue weighted by molar-refractivity contribution is 6.05. The largest absolute Gasteiger partial charge is 0.481 e. The quantitative estimate of drug-likeness (QED) is 0.675. The van der Waals surface area contributed by atoms with Gasteiger partial charge in [0.2, 0.25) is 0 Å². The topological polar surface area (TPSA) is 139 Å². The number of hydrogen-bond acceptors (Lipinski definition) is 5. The molecule has 0 saturated heterocycles. The van der Waals surface area contributed by atoms with E-state index < -0.39 is 30.3 Å². The number of amides is 1. The van der Waals surface area contributed by atoms with E-state index in [-0.39, 0.29) is 23.1 Å². The van der Waals surface area contributed by atoms with Crippen LogP contribution < -0.4 is 10.9 Å². The van der Waals surface area contributed by atoms with Crippen LogP contribution in [-0.4, -0.2) is 43.9 Å². The average molecular weight is 333 g/mol. The predicted octanol–water partition coefficient (Wildman–Crippen LogP) is -0.0187. The van der Waals surface area contributed by atoms with Crippen LogP contribution in [0.3, 0.4) is 0 Å². The zero-order valence-electron chi connectivity index (χ0n) is 12.7. The number of carboxylic acid groups (broad SMARTS) is 2. The standard InChI is InChI=1S/C15H15N3O6/c1-18-14(22)9-5-3-2-4-8(9)12(17-18)13(21)16-10(15(23)24)6-7-11(19)20/h2-5,10H,6-7H2,1H3,(H,16,21)(H,19,20)(H,23,24)/t10-/m1/s1. The Kier molecular flexibility index (Phi) is 4.93. The first-order valence-electron chi connectivity index (χ1n) is 7.02. The molecule has 0 unspecified atom stereocenters. The van der Waals surface area contributed by atoms with Crippen molar-refractivity contribution in [1.82, 2.24) is 15.1 Å². The summed E-state index contributed by atoms with van der Waals surface area (Å²) in [5.74, 6) is -3.31. The Morgan fingerprint density at radius 3 is 2.42 bits per heavy atom. The Labute approximate surface area is 135 Å². The zero-order chi connectivity index (χ0) is 17.9. The second-order valence-corrected chi connectivity index (χ2v) is 5.12. The highest BCUT2D eigenvalue weighted by atomic mass is 16.4. The SMILES string of the molecule is Cn1nc(C(=O)N[C@H](CCC(=O)O)C(=O)O)c2ccccc2c1=O. The van der Waals surface area contributed by atoms with Crippen LogP contribution in [0.4, 0.5) is 0 Å². The molecule has 0 aliphatic rings. The van der Waals surface area contributed by atoms with Gasteiger partial charge in [0.15, 0.2) is 5.69 Å². The highest BCUT2D eigenvalue weighted by Gasteiger charge is 2.24. The molecule has 126 valence electrons. The van der Waals surface area contributed by atoms with Gasteiger partial charge in [-0.2, -0.15) is 5.10 Å². The summed E-state index contributed by atoms with van der Waals surface area (Å²) in [6.45, 7) is 0. The maximum atomic E-state index is 12.4. The minimum absolute atomic E-state index is 0.103. The molecule has 3 N–H and O–H groups in total. The van der Waals surface area contributed by atoms with Gasteiger partial charge >= 0.3 is 11.9 Å². The van der Waals surface area contributed by atoms with E-state index in [4.69, 9.17) is 10.2 Å². The van der Waals surface area contributed by atoms with Gasteiger partial charge < -0.3 is 15.5 Å². The number of aryl methyl sites for hydroxylation is 1. The lowest BCUT2D eigenvalue weighted by molar-refractivity contribution is -0.140. The van der Waals surface area contributed by atoms with Crippen molar-refractivity contribution >= 4 is 28.6 Å². The number of nitrogens with zero attached hydrogens (tertiary/aromatic N) is 2. The molecule has 0 radical (unpaired) electrons.